The fourth-order valence-electron chi connectivity index (χ4n) is 2.12. The van der Waals surface area contributed by atoms with Crippen LogP contribution < -0.4 is 10.6 Å². The number of sulfone groups is 1. The van der Waals surface area contributed by atoms with Gasteiger partial charge in [0.05, 0.1) is 27.1 Å². The number of halogens is 2. The lowest BCUT2D eigenvalue weighted by molar-refractivity contribution is 0.242. The second-order valence-electron chi connectivity index (χ2n) is 5.11. The van der Waals surface area contributed by atoms with Crippen LogP contribution in [0.4, 0.5) is 10.5 Å². The molecular formula is C12H14Cl2N2O3S. The summed E-state index contributed by atoms with van der Waals surface area (Å²) in [5.74, 6) is 0.0470. The average Bonchev–Trinajstić information content (AvgIpc) is 2.57. The molecular weight excluding hydrogens is 323 g/mol. The highest BCUT2D eigenvalue weighted by atomic mass is 35.5. The molecule has 1 fully saturated rings. The highest BCUT2D eigenvalue weighted by molar-refractivity contribution is 7.91. The van der Waals surface area contributed by atoms with E-state index in [-0.39, 0.29) is 11.5 Å². The van der Waals surface area contributed by atoms with Crippen LogP contribution in [0.2, 0.25) is 10.0 Å². The molecule has 20 heavy (non-hydrogen) atoms. The van der Waals surface area contributed by atoms with Gasteiger partial charge < -0.3 is 10.6 Å². The molecule has 2 N–H and O–H groups in total. The third kappa shape index (κ3) is 3.77. The van der Waals surface area contributed by atoms with Crippen molar-refractivity contribution in [1.82, 2.24) is 5.32 Å². The zero-order valence-corrected chi connectivity index (χ0v) is 13.1. The number of rotatable bonds is 2. The minimum Gasteiger partial charge on any atom is -0.332 e. The van der Waals surface area contributed by atoms with E-state index in [9.17, 15) is 13.2 Å². The summed E-state index contributed by atoms with van der Waals surface area (Å²) < 4.78 is 22.9. The van der Waals surface area contributed by atoms with Crippen LogP contribution in [0.3, 0.4) is 0 Å². The molecule has 0 aromatic heterocycles. The van der Waals surface area contributed by atoms with Crippen molar-refractivity contribution < 1.29 is 13.2 Å². The summed E-state index contributed by atoms with van der Waals surface area (Å²) in [6, 6.07) is 4.24. The van der Waals surface area contributed by atoms with Crippen molar-refractivity contribution in [1.29, 1.82) is 0 Å². The minimum atomic E-state index is -3.07. The Morgan fingerprint density at radius 1 is 1.30 bits per heavy atom. The van der Waals surface area contributed by atoms with Crippen molar-refractivity contribution in [2.24, 2.45) is 0 Å². The monoisotopic (exact) mass is 336 g/mol. The van der Waals surface area contributed by atoms with Gasteiger partial charge in [0.1, 0.15) is 0 Å². The molecule has 0 radical (unpaired) electrons. The maximum atomic E-state index is 11.9. The Morgan fingerprint density at radius 2 is 2.00 bits per heavy atom. The third-order valence-electron chi connectivity index (χ3n) is 3.10. The second kappa shape index (κ2) is 5.42. The molecule has 1 heterocycles. The Bertz CT molecular complexity index is 648. The Labute approximate surface area is 127 Å². The molecule has 1 saturated heterocycles. The Kier molecular flexibility index (Phi) is 4.18. The van der Waals surface area contributed by atoms with Crippen molar-refractivity contribution >= 4 is 44.8 Å². The van der Waals surface area contributed by atoms with Crippen LogP contribution >= 0.6 is 23.2 Å². The van der Waals surface area contributed by atoms with Gasteiger partial charge in [0.25, 0.3) is 0 Å². The zero-order chi connectivity index (χ0) is 15.0. The molecule has 0 bridgehead atoms. The minimum absolute atomic E-state index is 0.0468. The molecule has 8 heteroatoms. The summed E-state index contributed by atoms with van der Waals surface area (Å²) in [5, 5.41) is 6.02. The fourth-order valence-corrected chi connectivity index (χ4v) is 4.51. The van der Waals surface area contributed by atoms with Gasteiger partial charge in [-0.15, -0.1) is 0 Å². The van der Waals surface area contributed by atoms with E-state index in [0.717, 1.165) is 0 Å². The Balaban J connectivity index is 2.01. The highest BCUT2D eigenvalue weighted by Crippen LogP contribution is 2.26. The van der Waals surface area contributed by atoms with E-state index in [1.165, 1.54) is 6.07 Å². The predicted octanol–water partition coefficient (Wildman–Crippen LogP) is 2.69. The topological polar surface area (TPSA) is 75.3 Å². The molecule has 1 atom stereocenters. The molecule has 110 valence electrons. The van der Waals surface area contributed by atoms with Crippen molar-refractivity contribution in [2.75, 3.05) is 16.8 Å². The molecule has 1 aliphatic rings. The van der Waals surface area contributed by atoms with E-state index in [4.69, 9.17) is 23.2 Å². The molecule has 0 spiro atoms. The van der Waals surface area contributed by atoms with E-state index in [0.29, 0.717) is 22.2 Å². The summed E-state index contributed by atoms with van der Waals surface area (Å²) in [6.45, 7) is 1.71. The van der Waals surface area contributed by atoms with Gasteiger partial charge in [0.2, 0.25) is 0 Å². The zero-order valence-electron chi connectivity index (χ0n) is 10.7. The largest absolute Gasteiger partial charge is 0.332 e. The van der Waals surface area contributed by atoms with Crippen LogP contribution in [0.25, 0.3) is 0 Å². The van der Waals surface area contributed by atoms with E-state index >= 15 is 0 Å². The first-order chi connectivity index (χ1) is 9.19. The molecule has 1 aromatic carbocycles. The predicted molar refractivity (Wildman–Crippen MR) is 80.3 cm³/mol. The number of benzene rings is 1. The standard InChI is InChI=1S/C12H14Cl2N2O3S/c1-12(4-5-20(18,19)7-12)16-11(17)15-8-2-3-9(13)10(14)6-8/h2-3,6H,4-5,7H2,1H3,(H2,15,16,17)/t12-/m0/s1. The van der Waals surface area contributed by atoms with Gasteiger partial charge in [0.15, 0.2) is 9.84 Å². The first-order valence-electron chi connectivity index (χ1n) is 5.94. The van der Waals surface area contributed by atoms with E-state index in [2.05, 4.69) is 10.6 Å². The molecule has 0 saturated carbocycles. The van der Waals surface area contributed by atoms with E-state index < -0.39 is 21.4 Å². The number of urea groups is 1. The van der Waals surface area contributed by atoms with Crippen LogP contribution in [-0.4, -0.2) is 31.5 Å². The van der Waals surface area contributed by atoms with Crippen molar-refractivity contribution in [2.45, 2.75) is 18.9 Å². The lowest BCUT2D eigenvalue weighted by Crippen LogP contribution is -2.48. The molecule has 1 aromatic rings. The lowest BCUT2D eigenvalue weighted by atomic mass is 10.0. The highest BCUT2D eigenvalue weighted by Gasteiger charge is 2.39. The molecule has 0 unspecified atom stereocenters. The average molecular weight is 337 g/mol. The maximum Gasteiger partial charge on any atom is 0.319 e. The number of amides is 2. The summed E-state index contributed by atoms with van der Waals surface area (Å²) in [4.78, 5) is 11.9. The number of carbonyl (C=O) groups is 1. The molecule has 5 nitrogen and oxygen atoms in total. The third-order valence-corrected chi connectivity index (χ3v) is 5.74. The summed E-state index contributed by atoms with van der Waals surface area (Å²) in [7, 11) is -3.07. The SMILES string of the molecule is C[C@]1(NC(=O)Nc2ccc(Cl)c(Cl)c2)CCS(=O)(=O)C1. The number of hydrogen-bond acceptors (Lipinski definition) is 3. The smallest absolute Gasteiger partial charge is 0.319 e. The maximum absolute atomic E-state index is 11.9. The van der Waals surface area contributed by atoms with Crippen LogP contribution in [0.15, 0.2) is 18.2 Å². The summed E-state index contributed by atoms with van der Waals surface area (Å²) >= 11 is 11.6. The molecule has 0 aliphatic carbocycles. The first-order valence-corrected chi connectivity index (χ1v) is 8.52. The Morgan fingerprint density at radius 3 is 2.55 bits per heavy atom. The van der Waals surface area contributed by atoms with Crippen molar-refractivity contribution in [3.63, 3.8) is 0 Å². The molecule has 2 rings (SSSR count). The van der Waals surface area contributed by atoms with Crippen LogP contribution in [0, 0.1) is 0 Å². The van der Waals surface area contributed by atoms with Gasteiger partial charge in [-0.1, -0.05) is 23.2 Å². The Hall–Kier alpha value is -0.980. The molecule has 1 aliphatic heterocycles. The van der Waals surface area contributed by atoms with Crippen LogP contribution in [0.1, 0.15) is 13.3 Å². The number of hydrogen-bond donors (Lipinski definition) is 2. The lowest BCUT2D eigenvalue weighted by Gasteiger charge is -2.24. The summed E-state index contributed by atoms with van der Waals surface area (Å²) in [5.41, 5.74) is -0.250. The normalized spacial score (nSPS) is 24.4. The fraction of sp³-hybridized carbons (Fsp3) is 0.417. The van der Waals surface area contributed by atoms with Gasteiger partial charge >= 0.3 is 6.03 Å². The first kappa shape index (κ1) is 15.4. The van der Waals surface area contributed by atoms with Crippen LogP contribution in [-0.2, 0) is 9.84 Å². The van der Waals surface area contributed by atoms with Crippen molar-refractivity contribution in [3.05, 3.63) is 28.2 Å². The van der Waals surface area contributed by atoms with Gasteiger partial charge in [-0.05, 0) is 31.5 Å². The number of carbonyl (C=O) groups excluding carboxylic acids is 1. The van der Waals surface area contributed by atoms with Gasteiger partial charge in [-0.3, -0.25) is 0 Å². The van der Waals surface area contributed by atoms with Crippen molar-refractivity contribution in [3.8, 4) is 0 Å². The van der Waals surface area contributed by atoms with Gasteiger partial charge in [-0.25, -0.2) is 13.2 Å². The number of anilines is 1. The summed E-state index contributed by atoms with van der Waals surface area (Å²) in [6.07, 6.45) is 0.407. The van der Waals surface area contributed by atoms with Gasteiger partial charge in [0, 0.05) is 5.69 Å². The van der Waals surface area contributed by atoms with Gasteiger partial charge in [-0.2, -0.15) is 0 Å². The van der Waals surface area contributed by atoms with E-state index in [1.54, 1.807) is 19.1 Å². The van der Waals surface area contributed by atoms with E-state index in [1.807, 2.05) is 0 Å². The quantitative estimate of drug-likeness (QED) is 0.871. The second-order valence-corrected chi connectivity index (χ2v) is 8.11. The van der Waals surface area contributed by atoms with Crippen LogP contribution in [0.5, 0.6) is 0 Å². The molecule has 2 amide bonds. The number of nitrogens with one attached hydrogen (secondary N) is 2.